The second-order valence-electron chi connectivity index (χ2n) is 4.87. The highest BCUT2D eigenvalue weighted by molar-refractivity contribution is 5.30. The Morgan fingerprint density at radius 1 is 0.889 bits per heavy atom. The minimum atomic E-state index is 0.769. The summed E-state index contributed by atoms with van der Waals surface area (Å²) in [4.78, 5) is 0. The van der Waals surface area contributed by atoms with Crippen molar-refractivity contribution in [2.24, 2.45) is 5.73 Å². The summed E-state index contributed by atoms with van der Waals surface area (Å²) in [6.07, 6.45) is 3.16. The minimum Gasteiger partial charge on any atom is -0.330 e. The molecule has 0 unspecified atom stereocenters. The van der Waals surface area contributed by atoms with Crippen LogP contribution in [0.25, 0.3) is 0 Å². The average Bonchev–Trinajstić information content (AvgIpc) is 2.38. The van der Waals surface area contributed by atoms with Gasteiger partial charge in [0.05, 0.1) is 0 Å². The Labute approximate surface area is 110 Å². The van der Waals surface area contributed by atoms with Gasteiger partial charge in [-0.05, 0) is 49.4 Å². The van der Waals surface area contributed by atoms with Gasteiger partial charge in [-0.3, -0.25) is 0 Å². The molecule has 0 heterocycles. The third-order valence-electron chi connectivity index (χ3n) is 3.18. The largest absolute Gasteiger partial charge is 0.330 e. The van der Waals surface area contributed by atoms with E-state index in [9.17, 15) is 0 Å². The summed E-state index contributed by atoms with van der Waals surface area (Å²) in [7, 11) is 0. The molecule has 0 amide bonds. The first-order valence-electron chi connectivity index (χ1n) is 6.61. The van der Waals surface area contributed by atoms with Crippen molar-refractivity contribution in [2.75, 3.05) is 6.54 Å². The lowest BCUT2D eigenvalue weighted by atomic mass is 10.0. The van der Waals surface area contributed by atoms with Gasteiger partial charge in [0, 0.05) is 0 Å². The van der Waals surface area contributed by atoms with Crippen molar-refractivity contribution in [1.82, 2.24) is 0 Å². The number of benzene rings is 2. The minimum absolute atomic E-state index is 0.769. The third kappa shape index (κ3) is 3.71. The standard InChI is InChI=1S/C17H21N/c1-14-4-2-5-17(12-14)13-16-9-7-15(8-10-16)6-3-11-18/h2,4-5,7-10,12H,3,6,11,13,18H2,1H3. The number of hydrogen-bond acceptors (Lipinski definition) is 1. The highest BCUT2D eigenvalue weighted by Gasteiger charge is 1.98. The lowest BCUT2D eigenvalue weighted by Gasteiger charge is -2.05. The SMILES string of the molecule is Cc1cccc(Cc2ccc(CCCN)cc2)c1. The van der Waals surface area contributed by atoms with E-state index < -0.39 is 0 Å². The van der Waals surface area contributed by atoms with E-state index in [0.717, 1.165) is 25.8 Å². The van der Waals surface area contributed by atoms with Gasteiger partial charge >= 0.3 is 0 Å². The van der Waals surface area contributed by atoms with E-state index >= 15 is 0 Å². The number of rotatable bonds is 5. The van der Waals surface area contributed by atoms with Crippen LogP contribution in [0.5, 0.6) is 0 Å². The lowest BCUT2D eigenvalue weighted by Crippen LogP contribution is -2.00. The molecule has 1 heteroatoms. The maximum absolute atomic E-state index is 5.52. The molecule has 2 aromatic carbocycles. The van der Waals surface area contributed by atoms with Crippen LogP contribution < -0.4 is 5.73 Å². The molecule has 2 N–H and O–H groups in total. The quantitative estimate of drug-likeness (QED) is 0.849. The van der Waals surface area contributed by atoms with E-state index in [0.29, 0.717) is 0 Å². The monoisotopic (exact) mass is 239 g/mol. The van der Waals surface area contributed by atoms with E-state index in [1.54, 1.807) is 0 Å². The van der Waals surface area contributed by atoms with Crippen LogP contribution in [0.2, 0.25) is 0 Å². The first-order chi connectivity index (χ1) is 8.78. The maximum atomic E-state index is 5.52. The Kier molecular flexibility index (Phi) is 4.54. The summed E-state index contributed by atoms with van der Waals surface area (Å²) >= 11 is 0. The van der Waals surface area contributed by atoms with Gasteiger partial charge in [-0.1, -0.05) is 54.1 Å². The summed E-state index contributed by atoms with van der Waals surface area (Å²) in [5, 5.41) is 0. The number of hydrogen-bond donors (Lipinski definition) is 1. The van der Waals surface area contributed by atoms with E-state index in [1.165, 1.54) is 22.3 Å². The Morgan fingerprint density at radius 3 is 2.28 bits per heavy atom. The van der Waals surface area contributed by atoms with Crippen LogP contribution in [0.3, 0.4) is 0 Å². The normalized spacial score (nSPS) is 10.6. The fraction of sp³-hybridized carbons (Fsp3) is 0.294. The molecule has 0 radical (unpaired) electrons. The van der Waals surface area contributed by atoms with Crippen molar-refractivity contribution >= 4 is 0 Å². The predicted octanol–water partition coefficient (Wildman–Crippen LogP) is 3.48. The molecule has 0 fully saturated rings. The smallest absolute Gasteiger partial charge is 0.00257 e. The van der Waals surface area contributed by atoms with Crippen molar-refractivity contribution in [3.8, 4) is 0 Å². The highest BCUT2D eigenvalue weighted by Crippen LogP contribution is 2.13. The second-order valence-corrected chi connectivity index (χ2v) is 4.87. The molecule has 0 aliphatic carbocycles. The molecular weight excluding hydrogens is 218 g/mol. The Bertz CT molecular complexity index is 485. The van der Waals surface area contributed by atoms with Crippen molar-refractivity contribution in [1.29, 1.82) is 0 Å². The van der Waals surface area contributed by atoms with Crippen molar-refractivity contribution in [3.05, 3.63) is 70.8 Å². The summed E-state index contributed by atoms with van der Waals surface area (Å²) in [5.41, 5.74) is 11.0. The molecule has 2 rings (SSSR count). The average molecular weight is 239 g/mol. The molecule has 0 atom stereocenters. The lowest BCUT2D eigenvalue weighted by molar-refractivity contribution is 0.832. The molecule has 0 bridgehead atoms. The molecular formula is C17H21N. The zero-order valence-corrected chi connectivity index (χ0v) is 11.0. The molecule has 0 saturated carbocycles. The molecule has 0 spiro atoms. The maximum Gasteiger partial charge on any atom is -0.00257 e. The molecule has 0 aliphatic heterocycles. The Balaban J connectivity index is 2.02. The van der Waals surface area contributed by atoms with Gasteiger partial charge in [0.2, 0.25) is 0 Å². The van der Waals surface area contributed by atoms with Gasteiger partial charge in [0.15, 0.2) is 0 Å². The molecule has 0 aliphatic rings. The summed E-state index contributed by atoms with van der Waals surface area (Å²) < 4.78 is 0. The van der Waals surface area contributed by atoms with Gasteiger partial charge in [0.1, 0.15) is 0 Å². The molecule has 0 aromatic heterocycles. The van der Waals surface area contributed by atoms with Crippen LogP contribution in [0.4, 0.5) is 0 Å². The van der Waals surface area contributed by atoms with E-state index in [4.69, 9.17) is 5.73 Å². The van der Waals surface area contributed by atoms with Crippen LogP contribution in [0.1, 0.15) is 28.7 Å². The third-order valence-corrected chi connectivity index (χ3v) is 3.18. The van der Waals surface area contributed by atoms with E-state index in [-0.39, 0.29) is 0 Å². The van der Waals surface area contributed by atoms with Gasteiger partial charge < -0.3 is 5.73 Å². The predicted molar refractivity (Wildman–Crippen MR) is 77.8 cm³/mol. The van der Waals surface area contributed by atoms with Crippen molar-refractivity contribution < 1.29 is 0 Å². The first-order valence-corrected chi connectivity index (χ1v) is 6.61. The molecule has 94 valence electrons. The summed E-state index contributed by atoms with van der Waals surface area (Å²) in [6, 6.07) is 17.6. The Morgan fingerprint density at radius 2 is 1.61 bits per heavy atom. The van der Waals surface area contributed by atoms with E-state index in [2.05, 4.69) is 55.5 Å². The molecule has 0 saturated heterocycles. The Hall–Kier alpha value is -1.60. The fourth-order valence-corrected chi connectivity index (χ4v) is 2.19. The van der Waals surface area contributed by atoms with Crippen LogP contribution >= 0.6 is 0 Å². The first kappa shape index (κ1) is 12.8. The zero-order valence-electron chi connectivity index (χ0n) is 11.0. The number of nitrogens with two attached hydrogens (primary N) is 1. The van der Waals surface area contributed by atoms with Crippen LogP contribution in [0.15, 0.2) is 48.5 Å². The topological polar surface area (TPSA) is 26.0 Å². The fourth-order valence-electron chi connectivity index (χ4n) is 2.19. The zero-order chi connectivity index (χ0) is 12.8. The summed E-state index contributed by atoms with van der Waals surface area (Å²) in [5.74, 6) is 0. The molecule has 2 aromatic rings. The number of aryl methyl sites for hydroxylation is 2. The van der Waals surface area contributed by atoms with Gasteiger partial charge in [-0.2, -0.15) is 0 Å². The van der Waals surface area contributed by atoms with Gasteiger partial charge in [0.25, 0.3) is 0 Å². The summed E-state index contributed by atoms with van der Waals surface area (Å²) in [6.45, 7) is 2.91. The van der Waals surface area contributed by atoms with Gasteiger partial charge in [-0.25, -0.2) is 0 Å². The molecule has 1 nitrogen and oxygen atoms in total. The van der Waals surface area contributed by atoms with E-state index in [1.807, 2.05) is 0 Å². The van der Waals surface area contributed by atoms with Gasteiger partial charge in [-0.15, -0.1) is 0 Å². The molecule has 18 heavy (non-hydrogen) atoms. The van der Waals surface area contributed by atoms with Crippen molar-refractivity contribution in [3.63, 3.8) is 0 Å². The van der Waals surface area contributed by atoms with Crippen molar-refractivity contribution in [2.45, 2.75) is 26.2 Å². The second kappa shape index (κ2) is 6.36. The van der Waals surface area contributed by atoms with Crippen LogP contribution in [-0.4, -0.2) is 6.54 Å². The highest BCUT2D eigenvalue weighted by atomic mass is 14.5. The van der Waals surface area contributed by atoms with Crippen LogP contribution in [0, 0.1) is 6.92 Å². The van der Waals surface area contributed by atoms with Crippen LogP contribution in [-0.2, 0) is 12.8 Å².